The van der Waals surface area contributed by atoms with Crippen molar-refractivity contribution in [1.29, 1.82) is 0 Å². The summed E-state index contributed by atoms with van der Waals surface area (Å²) in [6, 6.07) is 55.3. The van der Waals surface area contributed by atoms with Crippen LogP contribution in [-0.4, -0.2) is 19.1 Å². The second-order valence-corrected chi connectivity index (χ2v) is 11.1. The zero-order valence-corrected chi connectivity index (χ0v) is 23.8. The fraction of sp³-hybridized carbons (Fsp3) is 0. The number of hydrogen-bond donors (Lipinski definition) is 0. The van der Waals surface area contributed by atoms with Crippen LogP contribution >= 0.6 is 0 Å². The first kappa shape index (κ1) is 24.6. The van der Waals surface area contributed by atoms with E-state index in [0.717, 1.165) is 50.1 Å². The quantitative estimate of drug-likeness (QED) is 0.214. The molecule has 206 valence electrons. The van der Waals surface area contributed by atoms with E-state index in [-0.39, 0.29) is 0 Å². The molecule has 0 spiro atoms. The Kier molecular flexibility index (Phi) is 5.47. The van der Waals surface area contributed by atoms with Gasteiger partial charge in [0.2, 0.25) is 0 Å². The Bertz CT molecular complexity index is 2470. The Hall–Kier alpha value is -6.00. The van der Waals surface area contributed by atoms with Gasteiger partial charge in [-0.15, -0.1) is 0 Å². The van der Waals surface area contributed by atoms with Crippen LogP contribution in [-0.2, 0) is 0 Å². The van der Waals surface area contributed by atoms with Crippen LogP contribution in [0.3, 0.4) is 0 Å². The Labute approximate surface area is 254 Å². The SMILES string of the molecule is c1ccc(-c2nc(-c3ccc4c(c3)c3ccccc3n4-c3ccccc3)c3c4ccccc4n(-c4ccccc4)c3n2)cc1. The van der Waals surface area contributed by atoms with Crippen LogP contribution in [0.5, 0.6) is 0 Å². The molecule has 6 aromatic carbocycles. The van der Waals surface area contributed by atoms with E-state index in [1.54, 1.807) is 0 Å². The van der Waals surface area contributed by atoms with E-state index in [1.807, 2.05) is 24.3 Å². The van der Waals surface area contributed by atoms with Crippen molar-refractivity contribution in [2.45, 2.75) is 0 Å². The lowest BCUT2D eigenvalue weighted by molar-refractivity contribution is 1.11. The molecule has 0 saturated carbocycles. The third kappa shape index (κ3) is 3.71. The number of para-hydroxylation sites is 4. The van der Waals surface area contributed by atoms with Crippen LogP contribution < -0.4 is 0 Å². The molecule has 0 fully saturated rings. The van der Waals surface area contributed by atoms with Crippen LogP contribution in [0.15, 0.2) is 158 Å². The molecule has 3 heterocycles. The number of rotatable bonds is 4. The number of nitrogens with zero attached hydrogens (tertiary/aromatic N) is 4. The number of benzene rings is 6. The first-order valence-electron chi connectivity index (χ1n) is 14.9. The zero-order chi connectivity index (χ0) is 29.0. The fourth-order valence-corrected chi connectivity index (χ4v) is 6.59. The minimum atomic E-state index is 0.708. The van der Waals surface area contributed by atoms with Gasteiger partial charge >= 0.3 is 0 Å². The van der Waals surface area contributed by atoms with Gasteiger partial charge in [-0.25, -0.2) is 9.97 Å². The van der Waals surface area contributed by atoms with E-state index in [9.17, 15) is 0 Å². The number of aromatic nitrogens is 4. The highest BCUT2D eigenvalue weighted by molar-refractivity contribution is 6.16. The highest BCUT2D eigenvalue weighted by atomic mass is 15.1. The van der Waals surface area contributed by atoms with E-state index in [2.05, 4.69) is 143 Å². The van der Waals surface area contributed by atoms with Crippen LogP contribution in [0.2, 0.25) is 0 Å². The zero-order valence-electron chi connectivity index (χ0n) is 23.8. The summed E-state index contributed by atoms with van der Waals surface area (Å²) in [5, 5.41) is 4.60. The molecule has 44 heavy (non-hydrogen) atoms. The molecule has 3 aromatic heterocycles. The number of fused-ring (bicyclic) bond motifs is 6. The average Bonchev–Trinajstić information content (AvgIpc) is 3.61. The Morgan fingerprint density at radius 1 is 0.386 bits per heavy atom. The summed E-state index contributed by atoms with van der Waals surface area (Å²) in [6.45, 7) is 0. The second-order valence-electron chi connectivity index (χ2n) is 11.1. The summed E-state index contributed by atoms with van der Waals surface area (Å²) in [5.74, 6) is 0.708. The van der Waals surface area contributed by atoms with Gasteiger partial charge in [0.05, 0.1) is 27.6 Å². The van der Waals surface area contributed by atoms with Gasteiger partial charge < -0.3 is 4.57 Å². The summed E-state index contributed by atoms with van der Waals surface area (Å²) in [6.07, 6.45) is 0. The summed E-state index contributed by atoms with van der Waals surface area (Å²) >= 11 is 0. The van der Waals surface area contributed by atoms with Gasteiger partial charge in [-0.2, -0.15) is 0 Å². The molecule has 9 aromatic rings. The molecule has 0 radical (unpaired) electrons. The normalized spacial score (nSPS) is 11.6. The van der Waals surface area contributed by atoms with Crippen LogP contribution in [0.4, 0.5) is 0 Å². The van der Waals surface area contributed by atoms with Crippen molar-refractivity contribution in [2.75, 3.05) is 0 Å². The van der Waals surface area contributed by atoms with Gasteiger partial charge in [0.1, 0.15) is 5.65 Å². The predicted octanol–water partition coefficient (Wildman–Crippen LogP) is 10.0. The van der Waals surface area contributed by atoms with Gasteiger partial charge in [-0.1, -0.05) is 109 Å². The molecular formula is C40H26N4. The summed E-state index contributed by atoms with van der Waals surface area (Å²) in [7, 11) is 0. The van der Waals surface area contributed by atoms with E-state index in [0.29, 0.717) is 5.82 Å². The van der Waals surface area contributed by atoms with E-state index < -0.39 is 0 Å². The molecule has 0 saturated heterocycles. The topological polar surface area (TPSA) is 35.6 Å². The third-order valence-corrected chi connectivity index (χ3v) is 8.52. The molecule has 0 unspecified atom stereocenters. The molecule has 0 atom stereocenters. The summed E-state index contributed by atoms with van der Waals surface area (Å²) in [4.78, 5) is 10.6. The molecule has 4 heteroatoms. The van der Waals surface area contributed by atoms with Crippen LogP contribution in [0.1, 0.15) is 0 Å². The number of hydrogen-bond acceptors (Lipinski definition) is 2. The van der Waals surface area contributed by atoms with Gasteiger partial charge in [-0.05, 0) is 48.5 Å². The minimum Gasteiger partial charge on any atom is -0.309 e. The Morgan fingerprint density at radius 2 is 0.932 bits per heavy atom. The molecule has 0 aliphatic carbocycles. The molecule has 0 amide bonds. The van der Waals surface area contributed by atoms with Crippen molar-refractivity contribution < 1.29 is 0 Å². The molecule has 0 bridgehead atoms. The van der Waals surface area contributed by atoms with Gasteiger partial charge in [0.15, 0.2) is 5.82 Å². The van der Waals surface area contributed by atoms with Gasteiger partial charge in [0.25, 0.3) is 0 Å². The predicted molar refractivity (Wildman–Crippen MR) is 182 cm³/mol. The Morgan fingerprint density at radius 3 is 1.64 bits per heavy atom. The first-order chi connectivity index (χ1) is 21.8. The maximum atomic E-state index is 5.32. The maximum Gasteiger partial charge on any atom is 0.162 e. The van der Waals surface area contributed by atoms with Crippen molar-refractivity contribution in [3.63, 3.8) is 0 Å². The second kappa shape index (κ2) is 9.79. The lowest BCUT2D eigenvalue weighted by Crippen LogP contribution is -1.99. The Balaban J connectivity index is 1.40. The van der Waals surface area contributed by atoms with Gasteiger partial charge in [0, 0.05) is 38.7 Å². The van der Waals surface area contributed by atoms with Gasteiger partial charge in [-0.3, -0.25) is 4.57 Å². The lowest BCUT2D eigenvalue weighted by atomic mass is 10.0. The molecule has 0 aliphatic heterocycles. The minimum absolute atomic E-state index is 0.708. The summed E-state index contributed by atoms with van der Waals surface area (Å²) < 4.78 is 4.61. The standard InChI is InChI=1S/C40H26N4/c1-4-14-27(15-5-1)39-41-38(37-32-21-11-13-23-35(32)44(40(37)42-39)30-18-8-3-9-19-30)28-24-25-36-33(26-28)31-20-10-12-22-34(31)43(36)29-16-6-2-7-17-29/h1-26H. The van der Waals surface area contributed by atoms with Crippen molar-refractivity contribution in [1.82, 2.24) is 19.1 Å². The monoisotopic (exact) mass is 562 g/mol. The molecule has 9 rings (SSSR count). The fourth-order valence-electron chi connectivity index (χ4n) is 6.59. The smallest absolute Gasteiger partial charge is 0.162 e. The third-order valence-electron chi connectivity index (χ3n) is 8.52. The maximum absolute atomic E-state index is 5.32. The van der Waals surface area contributed by atoms with Crippen molar-refractivity contribution in [3.05, 3.63) is 158 Å². The first-order valence-corrected chi connectivity index (χ1v) is 14.9. The molecule has 0 aliphatic rings. The van der Waals surface area contributed by atoms with E-state index >= 15 is 0 Å². The van der Waals surface area contributed by atoms with Crippen molar-refractivity contribution in [3.8, 4) is 34.0 Å². The van der Waals surface area contributed by atoms with E-state index in [4.69, 9.17) is 9.97 Å². The van der Waals surface area contributed by atoms with Crippen LogP contribution in [0.25, 0.3) is 77.8 Å². The molecule has 4 nitrogen and oxygen atoms in total. The van der Waals surface area contributed by atoms with Crippen LogP contribution in [0, 0.1) is 0 Å². The molecular weight excluding hydrogens is 536 g/mol. The summed E-state index contributed by atoms with van der Waals surface area (Å²) in [5.41, 5.74) is 9.56. The average molecular weight is 563 g/mol. The molecule has 0 N–H and O–H groups in total. The highest BCUT2D eigenvalue weighted by Crippen LogP contribution is 2.40. The van der Waals surface area contributed by atoms with Crippen molar-refractivity contribution in [2.24, 2.45) is 0 Å². The lowest BCUT2D eigenvalue weighted by Gasteiger charge is -2.11. The largest absolute Gasteiger partial charge is 0.309 e. The van der Waals surface area contributed by atoms with Crippen molar-refractivity contribution >= 4 is 43.7 Å². The van der Waals surface area contributed by atoms with E-state index in [1.165, 1.54) is 21.8 Å². The highest BCUT2D eigenvalue weighted by Gasteiger charge is 2.21.